The molecule has 1 saturated heterocycles. The Morgan fingerprint density at radius 3 is 2.57 bits per heavy atom. The first-order valence-electron chi connectivity index (χ1n) is 7.77. The van der Waals surface area contributed by atoms with Gasteiger partial charge in [0.05, 0.1) is 12.5 Å². The van der Waals surface area contributed by atoms with Crippen LogP contribution in [0.1, 0.15) is 23.4 Å². The second kappa shape index (κ2) is 6.96. The van der Waals surface area contributed by atoms with Crippen molar-refractivity contribution in [3.8, 4) is 0 Å². The van der Waals surface area contributed by atoms with E-state index in [4.69, 9.17) is 0 Å². The lowest BCUT2D eigenvalue weighted by atomic mass is 10.0. The van der Waals surface area contributed by atoms with Crippen molar-refractivity contribution in [2.75, 3.05) is 19.6 Å². The molecule has 1 aliphatic heterocycles. The molecule has 1 fully saturated rings. The quantitative estimate of drug-likeness (QED) is 0.869. The van der Waals surface area contributed by atoms with Crippen molar-refractivity contribution in [1.82, 2.24) is 9.80 Å². The minimum Gasteiger partial charge on any atom is -0.338 e. The Kier molecular flexibility index (Phi) is 4.76. The fourth-order valence-corrected chi connectivity index (χ4v) is 3.72. The van der Waals surface area contributed by atoms with Gasteiger partial charge in [-0.1, -0.05) is 36.4 Å². The van der Waals surface area contributed by atoms with E-state index in [1.807, 2.05) is 57.6 Å². The molecule has 0 bridgehead atoms. The van der Waals surface area contributed by atoms with Gasteiger partial charge in [-0.3, -0.25) is 9.59 Å². The Bertz CT molecular complexity index is 670. The van der Waals surface area contributed by atoms with Crippen molar-refractivity contribution >= 4 is 23.2 Å². The Balaban J connectivity index is 1.75. The van der Waals surface area contributed by atoms with Gasteiger partial charge >= 0.3 is 0 Å². The van der Waals surface area contributed by atoms with Crippen LogP contribution in [0.4, 0.5) is 0 Å². The highest BCUT2D eigenvalue weighted by atomic mass is 32.1. The Morgan fingerprint density at radius 2 is 1.91 bits per heavy atom. The summed E-state index contributed by atoms with van der Waals surface area (Å²) in [5, 5.41) is 1.99. The normalized spacial score (nSPS) is 18.0. The number of hydrogen-bond acceptors (Lipinski definition) is 3. The van der Waals surface area contributed by atoms with Crippen molar-refractivity contribution < 1.29 is 9.59 Å². The van der Waals surface area contributed by atoms with E-state index in [-0.39, 0.29) is 17.9 Å². The molecule has 0 N–H and O–H groups in total. The molecule has 3 rings (SSSR count). The van der Waals surface area contributed by atoms with E-state index in [1.54, 1.807) is 18.3 Å². The Morgan fingerprint density at radius 1 is 1.13 bits per heavy atom. The number of thiophene rings is 1. The lowest BCUT2D eigenvalue weighted by Gasteiger charge is -2.41. The predicted molar refractivity (Wildman–Crippen MR) is 91.2 cm³/mol. The van der Waals surface area contributed by atoms with E-state index >= 15 is 0 Å². The van der Waals surface area contributed by atoms with Crippen LogP contribution in [-0.4, -0.2) is 41.2 Å². The summed E-state index contributed by atoms with van der Waals surface area (Å²) in [4.78, 5) is 29.3. The summed E-state index contributed by atoms with van der Waals surface area (Å²) in [6.07, 6.45) is 0.444. The highest BCUT2D eigenvalue weighted by Gasteiger charge is 2.31. The molecule has 4 nitrogen and oxygen atoms in total. The van der Waals surface area contributed by atoms with Gasteiger partial charge in [0, 0.05) is 31.4 Å². The first-order valence-corrected chi connectivity index (χ1v) is 8.65. The van der Waals surface area contributed by atoms with Crippen molar-refractivity contribution in [2.45, 2.75) is 19.4 Å². The summed E-state index contributed by atoms with van der Waals surface area (Å²) in [6.45, 7) is 3.35. The number of carbonyl (C=O) groups is 2. The topological polar surface area (TPSA) is 40.6 Å². The minimum absolute atomic E-state index is 0.0595. The van der Waals surface area contributed by atoms with Gasteiger partial charge < -0.3 is 9.80 Å². The average Bonchev–Trinajstić information content (AvgIpc) is 3.08. The number of carbonyl (C=O) groups excluding carboxylic acids is 2. The fraction of sp³-hybridized carbons (Fsp3) is 0.333. The molecule has 0 spiro atoms. The van der Waals surface area contributed by atoms with Crippen LogP contribution in [0.2, 0.25) is 0 Å². The van der Waals surface area contributed by atoms with Crippen LogP contribution in [0.25, 0.3) is 0 Å². The molecule has 120 valence electrons. The third-order valence-electron chi connectivity index (χ3n) is 4.23. The first kappa shape index (κ1) is 15.7. The zero-order valence-corrected chi connectivity index (χ0v) is 14.0. The fourth-order valence-electron chi connectivity index (χ4n) is 3.02. The number of piperazine rings is 1. The molecular formula is C18H20N2O2S. The maximum Gasteiger partial charge on any atom is 0.227 e. The minimum atomic E-state index is -0.0604. The highest BCUT2D eigenvalue weighted by molar-refractivity contribution is 7.10. The number of benzene rings is 1. The third-order valence-corrected chi connectivity index (χ3v) is 5.10. The summed E-state index contributed by atoms with van der Waals surface area (Å²) in [7, 11) is 0. The smallest absolute Gasteiger partial charge is 0.227 e. The van der Waals surface area contributed by atoms with Crippen LogP contribution in [-0.2, 0) is 16.0 Å². The van der Waals surface area contributed by atoms with Gasteiger partial charge in [0.25, 0.3) is 0 Å². The molecule has 1 aliphatic rings. The van der Waals surface area contributed by atoms with Crippen LogP contribution < -0.4 is 0 Å². The molecule has 2 heterocycles. The van der Waals surface area contributed by atoms with Gasteiger partial charge in [0.1, 0.15) is 0 Å². The summed E-state index contributed by atoms with van der Waals surface area (Å²) in [5.74, 6) is 0.195. The van der Waals surface area contributed by atoms with Gasteiger partial charge in [0.15, 0.2) is 0 Å². The molecule has 0 saturated carbocycles. The first-order chi connectivity index (χ1) is 11.1. The molecule has 2 aromatic rings. The molecule has 23 heavy (non-hydrogen) atoms. The van der Waals surface area contributed by atoms with Crippen molar-refractivity contribution in [1.29, 1.82) is 0 Å². The molecular weight excluding hydrogens is 308 g/mol. The van der Waals surface area contributed by atoms with Crippen molar-refractivity contribution in [3.63, 3.8) is 0 Å². The van der Waals surface area contributed by atoms with Gasteiger partial charge in [-0.05, 0) is 17.0 Å². The summed E-state index contributed by atoms with van der Waals surface area (Å²) < 4.78 is 0. The number of hydrogen-bond donors (Lipinski definition) is 0. The average molecular weight is 328 g/mol. The SMILES string of the molecule is CC(=O)N1CCN(C(=O)Cc2cccs2)CC1c1ccccc1. The largest absolute Gasteiger partial charge is 0.338 e. The van der Waals surface area contributed by atoms with Crippen LogP contribution >= 0.6 is 11.3 Å². The molecule has 5 heteroatoms. The Hall–Kier alpha value is -2.14. The van der Waals surface area contributed by atoms with Crippen LogP contribution in [0.5, 0.6) is 0 Å². The molecule has 0 radical (unpaired) electrons. The van der Waals surface area contributed by atoms with Gasteiger partial charge in [-0.15, -0.1) is 11.3 Å². The standard InChI is InChI=1S/C18H20N2O2S/c1-14(21)20-10-9-19(18(22)12-16-8-5-11-23-16)13-17(20)15-6-3-2-4-7-15/h2-8,11,17H,9-10,12-13H2,1H3. The summed E-state index contributed by atoms with van der Waals surface area (Å²) in [5.41, 5.74) is 1.08. The summed E-state index contributed by atoms with van der Waals surface area (Å²) in [6, 6.07) is 13.8. The highest BCUT2D eigenvalue weighted by Crippen LogP contribution is 2.26. The summed E-state index contributed by atoms with van der Waals surface area (Å²) >= 11 is 1.61. The molecule has 0 aliphatic carbocycles. The van der Waals surface area contributed by atoms with Crippen LogP contribution in [0.15, 0.2) is 47.8 Å². The van der Waals surface area contributed by atoms with E-state index in [9.17, 15) is 9.59 Å². The van der Waals surface area contributed by atoms with E-state index < -0.39 is 0 Å². The van der Waals surface area contributed by atoms with E-state index in [0.29, 0.717) is 26.1 Å². The van der Waals surface area contributed by atoms with E-state index in [2.05, 4.69) is 0 Å². The third kappa shape index (κ3) is 3.62. The van der Waals surface area contributed by atoms with E-state index in [1.165, 1.54) is 0 Å². The second-order valence-electron chi connectivity index (χ2n) is 5.73. The zero-order valence-electron chi connectivity index (χ0n) is 13.1. The molecule has 1 unspecified atom stereocenters. The van der Waals surface area contributed by atoms with Gasteiger partial charge in [-0.25, -0.2) is 0 Å². The lowest BCUT2D eigenvalue weighted by molar-refractivity contribution is -0.141. The molecule has 2 amide bonds. The maximum atomic E-state index is 12.5. The number of nitrogens with zero attached hydrogens (tertiary/aromatic N) is 2. The van der Waals surface area contributed by atoms with Gasteiger partial charge in [0.2, 0.25) is 11.8 Å². The molecule has 1 aromatic heterocycles. The molecule has 1 atom stereocenters. The number of amides is 2. The van der Waals surface area contributed by atoms with Gasteiger partial charge in [-0.2, -0.15) is 0 Å². The monoisotopic (exact) mass is 328 g/mol. The zero-order chi connectivity index (χ0) is 16.2. The number of rotatable bonds is 3. The predicted octanol–water partition coefficient (Wildman–Crippen LogP) is 2.72. The second-order valence-corrected chi connectivity index (χ2v) is 6.77. The van der Waals surface area contributed by atoms with Crippen molar-refractivity contribution in [2.24, 2.45) is 0 Å². The lowest BCUT2D eigenvalue weighted by Crippen LogP contribution is -2.52. The molecule has 1 aromatic carbocycles. The van der Waals surface area contributed by atoms with Crippen molar-refractivity contribution in [3.05, 3.63) is 58.3 Å². The van der Waals surface area contributed by atoms with E-state index in [0.717, 1.165) is 10.4 Å². The Labute approximate surface area is 140 Å². The maximum absolute atomic E-state index is 12.5. The van der Waals surface area contributed by atoms with Crippen LogP contribution in [0.3, 0.4) is 0 Å². The van der Waals surface area contributed by atoms with Crippen LogP contribution in [0, 0.1) is 0 Å².